The van der Waals surface area contributed by atoms with E-state index in [1.54, 1.807) is 5.19 Å². The van der Waals surface area contributed by atoms with Crippen molar-refractivity contribution in [3.05, 3.63) is 29.8 Å². The van der Waals surface area contributed by atoms with Gasteiger partial charge in [0.05, 0.1) is 8.07 Å². The van der Waals surface area contributed by atoms with Gasteiger partial charge < -0.3 is 9.80 Å². The molecular formula is C18H32N2Si. The molecule has 0 aromatic heterocycles. The van der Waals surface area contributed by atoms with E-state index in [1.165, 1.54) is 31.4 Å². The van der Waals surface area contributed by atoms with Crippen LogP contribution in [0, 0.1) is 0 Å². The highest BCUT2D eigenvalue weighted by Crippen LogP contribution is 2.36. The molecule has 21 heavy (non-hydrogen) atoms. The van der Waals surface area contributed by atoms with Crippen LogP contribution in [-0.2, 0) is 6.54 Å². The van der Waals surface area contributed by atoms with Crippen molar-refractivity contribution in [2.24, 2.45) is 0 Å². The maximum atomic E-state index is 2.49. The number of likely N-dealkylation sites (N-methyl/N-ethyl adjacent to an activating group) is 2. The third-order valence-corrected chi connectivity index (χ3v) is 7.14. The molecule has 2 nitrogen and oxygen atoms in total. The molecule has 1 fully saturated rings. The van der Waals surface area contributed by atoms with Gasteiger partial charge in [0.15, 0.2) is 0 Å². The summed E-state index contributed by atoms with van der Waals surface area (Å²) in [5.74, 6) is 0. The second kappa shape index (κ2) is 6.23. The molecule has 0 spiro atoms. The van der Waals surface area contributed by atoms with E-state index in [-0.39, 0.29) is 0 Å². The fourth-order valence-electron chi connectivity index (χ4n) is 3.31. The molecule has 0 heterocycles. The first-order valence-corrected chi connectivity index (χ1v) is 11.7. The number of rotatable bonds is 6. The van der Waals surface area contributed by atoms with E-state index in [9.17, 15) is 0 Å². The third-order valence-electron chi connectivity index (χ3n) is 5.07. The van der Waals surface area contributed by atoms with Crippen molar-refractivity contribution in [1.29, 1.82) is 0 Å². The summed E-state index contributed by atoms with van der Waals surface area (Å²) in [6, 6.07) is 9.35. The van der Waals surface area contributed by atoms with Crippen molar-refractivity contribution < 1.29 is 0 Å². The highest BCUT2D eigenvalue weighted by Gasteiger charge is 2.39. The Morgan fingerprint density at radius 2 is 1.57 bits per heavy atom. The average Bonchev–Trinajstić information content (AvgIpc) is 2.33. The van der Waals surface area contributed by atoms with Crippen LogP contribution in [0.2, 0.25) is 19.6 Å². The number of hydrogen-bond acceptors (Lipinski definition) is 2. The van der Waals surface area contributed by atoms with Crippen LogP contribution in [0.25, 0.3) is 0 Å². The Balaban J connectivity index is 1.95. The molecule has 1 aromatic rings. The largest absolute Gasteiger partial charge is 0.302 e. The van der Waals surface area contributed by atoms with Crippen LogP contribution in [-0.4, -0.2) is 51.1 Å². The van der Waals surface area contributed by atoms with Crippen molar-refractivity contribution in [2.75, 3.05) is 27.7 Å². The lowest BCUT2D eigenvalue weighted by Gasteiger charge is -2.49. The van der Waals surface area contributed by atoms with E-state index >= 15 is 0 Å². The van der Waals surface area contributed by atoms with Gasteiger partial charge in [0.2, 0.25) is 0 Å². The quantitative estimate of drug-likeness (QED) is 0.745. The van der Waals surface area contributed by atoms with Crippen molar-refractivity contribution in [3.8, 4) is 0 Å². The lowest BCUT2D eigenvalue weighted by Crippen LogP contribution is -2.56. The van der Waals surface area contributed by atoms with Crippen LogP contribution >= 0.6 is 0 Å². The molecule has 0 radical (unpaired) electrons. The van der Waals surface area contributed by atoms with Gasteiger partial charge in [0.25, 0.3) is 0 Å². The van der Waals surface area contributed by atoms with Gasteiger partial charge >= 0.3 is 0 Å². The van der Waals surface area contributed by atoms with Crippen LogP contribution in [0.1, 0.15) is 24.8 Å². The topological polar surface area (TPSA) is 6.48 Å². The lowest BCUT2D eigenvalue weighted by atomic mass is 9.75. The minimum absolute atomic E-state index is 0.424. The summed E-state index contributed by atoms with van der Waals surface area (Å²) in [4.78, 5) is 4.92. The molecule has 0 amide bonds. The van der Waals surface area contributed by atoms with Crippen molar-refractivity contribution in [1.82, 2.24) is 9.80 Å². The predicted octanol–water partition coefficient (Wildman–Crippen LogP) is 3.15. The fourth-order valence-corrected chi connectivity index (χ4v) is 4.48. The standard InChI is InChI=1S/C18H32N2Si/c1-19(2)18(12-7-13-18)15-20(3)14-16-8-10-17(11-9-16)21(4,5)6/h8-11H,7,12-15H2,1-6H3. The molecule has 0 N–H and O–H groups in total. The SMILES string of the molecule is CN(Cc1ccc([Si](C)(C)C)cc1)CC1(N(C)C)CCC1. The Morgan fingerprint density at radius 1 is 1.00 bits per heavy atom. The molecule has 3 heteroatoms. The molecule has 1 aliphatic carbocycles. The van der Waals surface area contributed by atoms with Gasteiger partial charge in [-0.1, -0.05) is 49.1 Å². The van der Waals surface area contributed by atoms with Gasteiger partial charge in [-0.15, -0.1) is 0 Å². The molecular weight excluding hydrogens is 272 g/mol. The second-order valence-electron chi connectivity index (χ2n) is 8.09. The monoisotopic (exact) mass is 304 g/mol. The first-order valence-electron chi connectivity index (χ1n) is 8.18. The highest BCUT2D eigenvalue weighted by molar-refractivity contribution is 6.88. The smallest absolute Gasteiger partial charge is 0.0775 e. The molecule has 1 aliphatic rings. The Labute approximate surface area is 132 Å². The van der Waals surface area contributed by atoms with Crippen molar-refractivity contribution in [2.45, 2.75) is 51.0 Å². The van der Waals surface area contributed by atoms with E-state index in [1.807, 2.05) is 0 Å². The van der Waals surface area contributed by atoms with Gasteiger partial charge in [-0.25, -0.2) is 0 Å². The van der Waals surface area contributed by atoms with Gasteiger partial charge in [-0.05, 0) is 46.0 Å². The van der Waals surface area contributed by atoms with Crippen molar-refractivity contribution in [3.63, 3.8) is 0 Å². The van der Waals surface area contributed by atoms with E-state index in [4.69, 9.17) is 0 Å². The highest BCUT2D eigenvalue weighted by atomic mass is 28.3. The molecule has 1 saturated carbocycles. The number of hydrogen-bond donors (Lipinski definition) is 0. The lowest BCUT2D eigenvalue weighted by molar-refractivity contribution is 0.0259. The van der Waals surface area contributed by atoms with E-state index in [2.05, 4.69) is 74.8 Å². The van der Waals surface area contributed by atoms with Crippen LogP contribution < -0.4 is 5.19 Å². The Hall–Kier alpha value is -0.643. The molecule has 0 aliphatic heterocycles. The fraction of sp³-hybridized carbons (Fsp3) is 0.667. The van der Waals surface area contributed by atoms with Crippen molar-refractivity contribution >= 4 is 13.3 Å². The molecule has 0 bridgehead atoms. The van der Waals surface area contributed by atoms with Gasteiger partial charge in [0, 0.05) is 18.6 Å². The zero-order valence-electron chi connectivity index (χ0n) is 14.7. The molecule has 2 rings (SSSR count). The van der Waals surface area contributed by atoms with Gasteiger partial charge in [-0.3, -0.25) is 0 Å². The average molecular weight is 305 g/mol. The Kier molecular flexibility index (Phi) is 4.96. The number of nitrogens with zero attached hydrogens (tertiary/aromatic N) is 2. The first kappa shape index (κ1) is 16.7. The van der Waals surface area contributed by atoms with Crippen LogP contribution in [0.3, 0.4) is 0 Å². The van der Waals surface area contributed by atoms with E-state index in [0.717, 1.165) is 6.54 Å². The summed E-state index contributed by atoms with van der Waals surface area (Å²) in [6.07, 6.45) is 4.08. The Bertz CT molecular complexity index is 455. The Morgan fingerprint density at radius 3 is 1.95 bits per heavy atom. The first-order chi connectivity index (χ1) is 9.73. The minimum atomic E-state index is -1.17. The normalized spacial score (nSPS) is 18.1. The van der Waals surface area contributed by atoms with Crippen LogP contribution in [0.15, 0.2) is 24.3 Å². The molecule has 0 unspecified atom stereocenters. The molecule has 0 atom stereocenters. The van der Waals surface area contributed by atoms with E-state index in [0.29, 0.717) is 5.54 Å². The maximum Gasteiger partial charge on any atom is 0.0775 e. The molecule has 1 aromatic carbocycles. The summed E-state index contributed by atoms with van der Waals surface area (Å²) < 4.78 is 0. The summed E-state index contributed by atoms with van der Waals surface area (Å²) >= 11 is 0. The van der Waals surface area contributed by atoms with E-state index < -0.39 is 8.07 Å². The number of benzene rings is 1. The molecule has 0 saturated heterocycles. The van der Waals surface area contributed by atoms with Gasteiger partial charge in [-0.2, -0.15) is 0 Å². The van der Waals surface area contributed by atoms with Gasteiger partial charge in [0.1, 0.15) is 0 Å². The zero-order valence-corrected chi connectivity index (χ0v) is 15.7. The summed E-state index contributed by atoms with van der Waals surface area (Å²) in [6.45, 7) is 9.46. The summed E-state index contributed by atoms with van der Waals surface area (Å²) in [5, 5.41) is 1.55. The summed E-state index contributed by atoms with van der Waals surface area (Å²) in [5.41, 5.74) is 1.86. The zero-order chi connectivity index (χ0) is 15.7. The maximum absolute atomic E-state index is 2.49. The predicted molar refractivity (Wildman–Crippen MR) is 96.0 cm³/mol. The minimum Gasteiger partial charge on any atom is -0.302 e. The third kappa shape index (κ3) is 3.96. The second-order valence-corrected chi connectivity index (χ2v) is 13.2. The van der Waals surface area contributed by atoms with Crippen LogP contribution in [0.4, 0.5) is 0 Å². The molecule has 118 valence electrons. The summed E-state index contributed by atoms with van der Waals surface area (Å²) in [7, 11) is 5.56. The van der Waals surface area contributed by atoms with Crippen LogP contribution in [0.5, 0.6) is 0 Å².